The van der Waals surface area contributed by atoms with Gasteiger partial charge in [-0.3, -0.25) is 4.57 Å². The van der Waals surface area contributed by atoms with Gasteiger partial charge >= 0.3 is 7.82 Å². The molecule has 0 aliphatic carbocycles. The fourth-order valence-electron chi connectivity index (χ4n) is 1.10. The van der Waals surface area contributed by atoms with Gasteiger partial charge < -0.3 is 38.8 Å². The van der Waals surface area contributed by atoms with Crippen molar-refractivity contribution in [2.45, 2.75) is 0 Å². The van der Waals surface area contributed by atoms with E-state index >= 15 is 0 Å². The van der Waals surface area contributed by atoms with Gasteiger partial charge in [0.2, 0.25) is 0 Å². The summed E-state index contributed by atoms with van der Waals surface area (Å²) in [4.78, 5) is 39.8. The van der Waals surface area contributed by atoms with Crippen LogP contribution in [0.5, 0.6) is 11.5 Å². The lowest BCUT2D eigenvalue weighted by atomic mass is 10.2. The molecule has 0 aromatic heterocycles. The fraction of sp³-hybridized carbons (Fsp3) is 0.111. The zero-order chi connectivity index (χ0) is 14.6. The number of aliphatic carboxylic acids is 1. The van der Waals surface area contributed by atoms with Gasteiger partial charge in [0.25, 0.3) is 0 Å². The molecular formula is C9H6O9P-3. The highest BCUT2D eigenvalue weighted by molar-refractivity contribution is 7.45. The number of hydrogen-bond donors (Lipinski definition) is 1. The maximum atomic E-state index is 10.6. The summed E-state index contributed by atoms with van der Waals surface area (Å²) in [5.74, 6) is -4.13. The Hall–Kier alpha value is -2.09. The smallest absolute Gasteiger partial charge is 0.317 e. The highest BCUT2D eigenvalue weighted by Crippen LogP contribution is 2.35. The van der Waals surface area contributed by atoms with Crippen LogP contribution in [0.4, 0.5) is 0 Å². The number of aromatic carboxylic acids is 1. The molecule has 1 aromatic rings. The van der Waals surface area contributed by atoms with E-state index in [2.05, 4.69) is 9.26 Å². The molecule has 0 aliphatic rings. The van der Waals surface area contributed by atoms with Crippen molar-refractivity contribution in [3.05, 3.63) is 23.8 Å². The van der Waals surface area contributed by atoms with Gasteiger partial charge in [0, 0.05) is 11.6 Å². The summed E-state index contributed by atoms with van der Waals surface area (Å²) in [6, 6.07) is 2.51. The highest BCUT2D eigenvalue weighted by Gasteiger charge is 2.09. The van der Waals surface area contributed by atoms with E-state index in [0.29, 0.717) is 0 Å². The molecule has 0 saturated carbocycles. The van der Waals surface area contributed by atoms with Crippen molar-refractivity contribution in [1.82, 2.24) is 0 Å². The Morgan fingerprint density at radius 2 is 1.79 bits per heavy atom. The number of hydrogen-bond acceptors (Lipinski definition) is 8. The van der Waals surface area contributed by atoms with Crippen molar-refractivity contribution < 1.29 is 43.4 Å². The van der Waals surface area contributed by atoms with E-state index in [-0.39, 0.29) is 5.75 Å². The number of phosphoric acid groups is 1. The second-order valence-corrected chi connectivity index (χ2v) is 4.32. The lowest BCUT2D eigenvalue weighted by molar-refractivity contribution is -0.307. The number of carboxylic acids is 2. The molecule has 0 bridgehead atoms. The first-order valence-electron chi connectivity index (χ1n) is 4.60. The Labute approximate surface area is 106 Å². The Balaban J connectivity index is 3.07. The number of phosphoric ester groups is 1. The largest absolute Gasteiger partial charge is 0.746 e. The number of carboxylic acid groups (broad SMARTS) is 2. The number of rotatable bonds is 6. The monoisotopic (exact) mass is 289 g/mol. The summed E-state index contributed by atoms with van der Waals surface area (Å²) >= 11 is 0. The van der Waals surface area contributed by atoms with E-state index in [1.165, 1.54) is 0 Å². The first-order valence-corrected chi connectivity index (χ1v) is 6.09. The van der Waals surface area contributed by atoms with Crippen molar-refractivity contribution in [1.29, 1.82) is 0 Å². The van der Waals surface area contributed by atoms with Crippen molar-refractivity contribution in [3.8, 4) is 11.5 Å². The third-order valence-electron chi connectivity index (χ3n) is 1.69. The van der Waals surface area contributed by atoms with E-state index in [1.54, 1.807) is 0 Å². The van der Waals surface area contributed by atoms with Crippen LogP contribution in [0.15, 0.2) is 18.2 Å². The van der Waals surface area contributed by atoms with Crippen molar-refractivity contribution in [3.63, 3.8) is 0 Å². The Bertz CT molecular complexity index is 547. The average Bonchev–Trinajstić information content (AvgIpc) is 2.23. The van der Waals surface area contributed by atoms with Gasteiger partial charge in [-0.05, 0) is 12.1 Å². The van der Waals surface area contributed by atoms with Crippen LogP contribution in [-0.2, 0) is 9.36 Å². The van der Waals surface area contributed by atoms with E-state index in [0.717, 1.165) is 18.2 Å². The second kappa shape index (κ2) is 5.70. The third-order valence-corrected chi connectivity index (χ3v) is 2.13. The molecule has 1 rings (SSSR count). The summed E-state index contributed by atoms with van der Waals surface area (Å²) in [5.41, 5.74) is -0.528. The normalized spacial score (nSPS) is 13.4. The molecule has 0 saturated heterocycles. The minimum Gasteiger partial charge on any atom is -0.746 e. The lowest BCUT2D eigenvalue weighted by Crippen LogP contribution is -2.29. The zero-order valence-corrected chi connectivity index (χ0v) is 9.99. The molecule has 0 aliphatic heterocycles. The molecule has 0 spiro atoms. The highest BCUT2D eigenvalue weighted by atomic mass is 31.2. The Kier molecular flexibility index (Phi) is 4.49. The fourth-order valence-corrected chi connectivity index (χ4v) is 1.47. The molecule has 1 unspecified atom stereocenters. The molecule has 0 fully saturated rings. The van der Waals surface area contributed by atoms with Crippen LogP contribution in [0.25, 0.3) is 0 Å². The van der Waals surface area contributed by atoms with Crippen LogP contribution in [-0.4, -0.2) is 23.4 Å². The lowest BCUT2D eigenvalue weighted by Gasteiger charge is -2.18. The predicted molar refractivity (Wildman–Crippen MR) is 51.7 cm³/mol. The van der Waals surface area contributed by atoms with Crippen LogP contribution < -0.4 is 24.4 Å². The molecule has 0 heterocycles. The minimum absolute atomic E-state index is 0.311. The Morgan fingerprint density at radius 3 is 2.26 bits per heavy atom. The van der Waals surface area contributed by atoms with Crippen LogP contribution in [0, 0.1) is 0 Å². The van der Waals surface area contributed by atoms with E-state index in [4.69, 9.17) is 4.89 Å². The molecule has 19 heavy (non-hydrogen) atoms. The van der Waals surface area contributed by atoms with Crippen LogP contribution in [0.3, 0.4) is 0 Å². The summed E-state index contributed by atoms with van der Waals surface area (Å²) < 4.78 is 19.2. The number of carbonyl (C=O) groups excluding carboxylic acids is 2. The summed E-state index contributed by atoms with van der Waals surface area (Å²) in [7, 11) is -5.14. The predicted octanol–water partition coefficient (Wildman–Crippen LogP) is -2.98. The van der Waals surface area contributed by atoms with Crippen LogP contribution in [0.2, 0.25) is 0 Å². The Morgan fingerprint density at radius 1 is 1.21 bits per heavy atom. The first-order chi connectivity index (χ1) is 8.67. The van der Waals surface area contributed by atoms with Crippen LogP contribution in [0.1, 0.15) is 10.4 Å². The van der Waals surface area contributed by atoms with E-state index in [1.807, 2.05) is 0 Å². The number of benzene rings is 1. The van der Waals surface area contributed by atoms with Gasteiger partial charge in [0.05, 0.1) is 11.9 Å². The van der Waals surface area contributed by atoms with Gasteiger partial charge in [-0.2, -0.15) is 0 Å². The van der Waals surface area contributed by atoms with Gasteiger partial charge in [-0.15, -0.1) is 0 Å². The van der Waals surface area contributed by atoms with Gasteiger partial charge in [-0.25, -0.2) is 0 Å². The van der Waals surface area contributed by atoms with Crippen molar-refractivity contribution in [2.75, 3.05) is 6.61 Å². The van der Waals surface area contributed by atoms with Gasteiger partial charge in [0.1, 0.15) is 18.1 Å². The summed E-state index contributed by atoms with van der Waals surface area (Å²) in [6.45, 7) is -0.885. The average molecular weight is 289 g/mol. The van der Waals surface area contributed by atoms with E-state index < -0.39 is 37.7 Å². The number of carbonyl (C=O) groups is 2. The number of ether oxygens (including phenoxy) is 1. The molecule has 1 N–H and O–H groups in total. The summed E-state index contributed by atoms with van der Waals surface area (Å²) in [6.07, 6.45) is 0. The van der Waals surface area contributed by atoms with Crippen molar-refractivity contribution in [2.24, 2.45) is 0 Å². The maximum Gasteiger partial charge on any atom is 0.317 e. The minimum atomic E-state index is -5.14. The van der Waals surface area contributed by atoms with E-state index in [9.17, 15) is 29.3 Å². The molecule has 104 valence electrons. The van der Waals surface area contributed by atoms with Gasteiger partial charge in [0.15, 0.2) is 0 Å². The molecule has 9 nitrogen and oxygen atoms in total. The molecule has 1 atom stereocenters. The summed E-state index contributed by atoms with van der Waals surface area (Å²) in [5, 5.41) is 20.8. The first kappa shape index (κ1) is 15.0. The van der Waals surface area contributed by atoms with Gasteiger partial charge in [-0.1, -0.05) is 0 Å². The second-order valence-electron chi connectivity index (χ2n) is 3.20. The van der Waals surface area contributed by atoms with Crippen molar-refractivity contribution >= 4 is 19.8 Å². The topological polar surface area (TPSA) is 159 Å². The maximum absolute atomic E-state index is 10.6. The SMILES string of the molecule is O=C([O-])COc1cc(OP(=O)([O-])O)cc(C(=O)[O-])c1. The quantitative estimate of drug-likeness (QED) is 0.539. The molecular weight excluding hydrogens is 283 g/mol. The standard InChI is InChI=1S/C9H9O9P/c10-8(11)4-17-6-1-5(9(12)13)2-7(3-6)18-19(14,15)16/h1-3H,4H2,(H,10,11)(H,12,13)(H2,14,15,16)/p-3. The molecule has 10 heteroatoms. The zero-order valence-electron chi connectivity index (χ0n) is 9.10. The van der Waals surface area contributed by atoms with Crippen LogP contribution >= 0.6 is 7.82 Å². The molecule has 0 radical (unpaired) electrons. The third kappa shape index (κ3) is 5.38. The molecule has 1 aromatic carbocycles. The molecule has 0 amide bonds.